The lowest BCUT2D eigenvalue weighted by Gasteiger charge is -2.16. The molecule has 1 aromatic carbocycles. The van der Waals surface area contributed by atoms with Gasteiger partial charge >= 0.3 is 0 Å². The first-order valence-electron chi connectivity index (χ1n) is 8.00. The zero-order valence-electron chi connectivity index (χ0n) is 13.6. The molecule has 0 spiro atoms. The van der Waals surface area contributed by atoms with Gasteiger partial charge in [-0.1, -0.05) is 36.4 Å². The average molecular weight is 320 g/mol. The lowest BCUT2D eigenvalue weighted by Crippen LogP contribution is -2.28. The predicted octanol–water partition coefficient (Wildman–Crippen LogP) is 3.18. The van der Waals surface area contributed by atoms with E-state index in [1.165, 1.54) is 0 Å². The molecule has 122 valence electrons. The molecular weight excluding hydrogens is 300 g/mol. The number of nitrogens with zero attached hydrogens (tertiary/aromatic N) is 3. The van der Waals surface area contributed by atoms with Gasteiger partial charge < -0.3 is 4.90 Å². The maximum Gasteiger partial charge on any atom is 0.272 e. The monoisotopic (exact) mass is 320 g/mol. The number of aromatic nitrogens is 3. The molecule has 0 aliphatic rings. The van der Waals surface area contributed by atoms with Crippen molar-refractivity contribution < 1.29 is 4.79 Å². The number of amides is 1. The first kappa shape index (κ1) is 15.9. The van der Waals surface area contributed by atoms with Gasteiger partial charge in [-0.05, 0) is 31.0 Å². The molecule has 0 fully saturated rings. The predicted molar refractivity (Wildman–Crippen MR) is 93.5 cm³/mol. The topological polar surface area (TPSA) is 61.9 Å². The zero-order valence-corrected chi connectivity index (χ0v) is 13.6. The Hall–Kier alpha value is -2.95. The summed E-state index contributed by atoms with van der Waals surface area (Å²) in [5, 5.41) is 7.42. The van der Waals surface area contributed by atoms with Gasteiger partial charge in [0.05, 0.1) is 5.69 Å². The molecule has 1 N–H and O–H groups in total. The van der Waals surface area contributed by atoms with E-state index >= 15 is 0 Å². The summed E-state index contributed by atoms with van der Waals surface area (Å²) in [6.07, 6.45) is 3.35. The summed E-state index contributed by atoms with van der Waals surface area (Å²) in [5.41, 5.74) is 3.60. The average Bonchev–Trinajstić information content (AvgIpc) is 3.11. The molecule has 0 atom stereocenters. The van der Waals surface area contributed by atoms with Crippen molar-refractivity contribution in [2.75, 3.05) is 13.6 Å². The smallest absolute Gasteiger partial charge is 0.272 e. The van der Waals surface area contributed by atoms with Crippen molar-refractivity contribution in [1.82, 2.24) is 20.1 Å². The van der Waals surface area contributed by atoms with E-state index in [1.807, 2.05) is 36.4 Å². The van der Waals surface area contributed by atoms with Gasteiger partial charge in [-0.15, -0.1) is 0 Å². The van der Waals surface area contributed by atoms with Gasteiger partial charge in [-0.2, -0.15) is 5.10 Å². The number of carbonyl (C=O) groups excluding carboxylic acids is 1. The van der Waals surface area contributed by atoms with Crippen LogP contribution in [0.5, 0.6) is 0 Å². The Kier molecular flexibility index (Phi) is 5.01. The van der Waals surface area contributed by atoms with Crippen molar-refractivity contribution >= 4 is 5.91 Å². The summed E-state index contributed by atoms with van der Waals surface area (Å²) in [5.74, 6) is -0.0508. The third-order valence-electron chi connectivity index (χ3n) is 3.87. The number of aryl methyl sites for hydroxylation is 1. The molecule has 0 saturated carbocycles. The van der Waals surface area contributed by atoms with Crippen LogP contribution in [-0.2, 0) is 6.42 Å². The van der Waals surface area contributed by atoms with Crippen molar-refractivity contribution in [2.45, 2.75) is 12.8 Å². The molecule has 2 aromatic heterocycles. The van der Waals surface area contributed by atoms with Crippen LogP contribution in [0.2, 0.25) is 0 Å². The first-order chi connectivity index (χ1) is 11.7. The first-order valence-corrected chi connectivity index (χ1v) is 8.00. The van der Waals surface area contributed by atoms with Gasteiger partial charge in [0.25, 0.3) is 5.91 Å². The summed E-state index contributed by atoms with van der Waals surface area (Å²) < 4.78 is 0. The lowest BCUT2D eigenvalue weighted by molar-refractivity contribution is 0.0787. The number of hydrogen-bond donors (Lipinski definition) is 1. The van der Waals surface area contributed by atoms with Crippen molar-refractivity contribution in [3.63, 3.8) is 0 Å². The van der Waals surface area contributed by atoms with E-state index in [1.54, 1.807) is 30.3 Å². The standard InChI is InChI=1S/C19H20N4O/c1-23(19(24)17-11-5-6-12-20-17)13-7-10-16-14-18(22-21-16)15-8-3-2-4-9-15/h2-6,8-9,11-12,14H,7,10,13H2,1H3,(H,21,22). The number of aromatic amines is 1. The minimum atomic E-state index is -0.0508. The fraction of sp³-hybridized carbons (Fsp3) is 0.211. The van der Waals surface area contributed by atoms with Crippen LogP contribution in [0.25, 0.3) is 11.3 Å². The molecule has 24 heavy (non-hydrogen) atoms. The third-order valence-corrected chi connectivity index (χ3v) is 3.87. The van der Waals surface area contributed by atoms with Gasteiger partial charge in [0, 0.05) is 31.0 Å². The van der Waals surface area contributed by atoms with Gasteiger partial charge in [-0.25, -0.2) is 0 Å². The SMILES string of the molecule is CN(CCCc1cc(-c2ccccc2)n[nH]1)C(=O)c1ccccn1. The second kappa shape index (κ2) is 7.55. The summed E-state index contributed by atoms with van der Waals surface area (Å²) in [6, 6.07) is 17.5. The van der Waals surface area contributed by atoms with Crippen LogP contribution in [0.4, 0.5) is 0 Å². The Morgan fingerprint density at radius 1 is 1.12 bits per heavy atom. The second-order valence-corrected chi connectivity index (χ2v) is 5.69. The van der Waals surface area contributed by atoms with E-state index in [2.05, 4.69) is 21.2 Å². The Balaban J connectivity index is 1.52. The lowest BCUT2D eigenvalue weighted by atomic mass is 10.1. The zero-order chi connectivity index (χ0) is 16.8. The summed E-state index contributed by atoms with van der Waals surface area (Å²) in [7, 11) is 1.80. The molecule has 1 amide bonds. The molecule has 0 saturated heterocycles. The number of nitrogens with one attached hydrogen (secondary N) is 1. The van der Waals surface area contributed by atoms with Gasteiger partial charge in [0.1, 0.15) is 5.69 Å². The van der Waals surface area contributed by atoms with E-state index in [0.717, 1.165) is 29.8 Å². The van der Waals surface area contributed by atoms with Crippen LogP contribution in [0.15, 0.2) is 60.8 Å². The van der Waals surface area contributed by atoms with Crippen molar-refractivity contribution in [1.29, 1.82) is 0 Å². The Bertz CT molecular complexity index is 783. The third kappa shape index (κ3) is 3.87. The second-order valence-electron chi connectivity index (χ2n) is 5.69. The Morgan fingerprint density at radius 2 is 1.92 bits per heavy atom. The van der Waals surface area contributed by atoms with Crippen molar-refractivity contribution in [3.8, 4) is 11.3 Å². The van der Waals surface area contributed by atoms with E-state index in [0.29, 0.717) is 12.2 Å². The highest BCUT2D eigenvalue weighted by atomic mass is 16.2. The minimum Gasteiger partial charge on any atom is -0.340 e. The number of H-pyrrole nitrogens is 1. The fourth-order valence-electron chi connectivity index (χ4n) is 2.54. The molecule has 0 unspecified atom stereocenters. The summed E-state index contributed by atoms with van der Waals surface area (Å²) in [6.45, 7) is 0.676. The van der Waals surface area contributed by atoms with Crippen molar-refractivity contribution in [3.05, 3.63) is 72.2 Å². The highest BCUT2D eigenvalue weighted by Crippen LogP contribution is 2.17. The Morgan fingerprint density at radius 3 is 2.67 bits per heavy atom. The van der Waals surface area contributed by atoms with E-state index < -0.39 is 0 Å². The molecule has 5 nitrogen and oxygen atoms in total. The van der Waals surface area contributed by atoms with Crippen LogP contribution >= 0.6 is 0 Å². The molecule has 3 rings (SSSR count). The van der Waals surface area contributed by atoms with Crippen LogP contribution < -0.4 is 0 Å². The molecule has 0 bridgehead atoms. The van der Waals surface area contributed by atoms with E-state index in [4.69, 9.17) is 0 Å². The largest absolute Gasteiger partial charge is 0.340 e. The Labute approximate surface area is 141 Å². The number of hydrogen-bond acceptors (Lipinski definition) is 3. The fourth-order valence-corrected chi connectivity index (χ4v) is 2.54. The van der Waals surface area contributed by atoms with E-state index in [9.17, 15) is 4.79 Å². The van der Waals surface area contributed by atoms with Gasteiger partial charge in [0.2, 0.25) is 0 Å². The minimum absolute atomic E-state index is 0.0508. The maximum atomic E-state index is 12.2. The summed E-state index contributed by atoms with van der Waals surface area (Å²) in [4.78, 5) is 18.0. The van der Waals surface area contributed by atoms with Crippen molar-refractivity contribution in [2.24, 2.45) is 0 Å². The van der Waals surface area contributed by atoms with Crippen LogP contribution in [0, 0.1) is 0 Å². The number of pyridine rings is 1. The van der Waals surface area contributed by atoms with Crippen LogP contribution in [0.1, 0.15) is 22.6 Å². The normalized spacial score (nSPS) is 10.5. The molecule has 0 radical (unpaired) electrons. The highest BCUT2D eigenvalue weighted by molar-refractivity contribution is 5.91. The molecule has 0 aliphatic carbocycles. The maximum absolute atomic E-state index is 12.2. The van der Waals surface area contributed by atoms with Gasteiger partial charge in [0.15, 0.2) is 0 Å². The molecule has 3 aromatic rings. The van der Waals surface area contributed by atoms with E-state index in [-0.39, 0.29) is 5.91 Å². The quantitative estimate of drug-likeness (QED) is 0.759. The van der Waals surface area contributed by atoms with Crippen LogP contribution in [-0.4, -0.2) is 39.6 Å². The molecular formula is C19H20N4O. The van der Waals surface area contributed by atoms with Crippen LogP contribution in [0.3, 0.4) is 0 Å². The molecule has 0 aliphatic heterocycles. The van der Waals surface area contributed by atoms with Gasteiger partial charge in [-0.3, -0.25) is 14.9 Å². The molecule has 2 heterocycles. The highest BCUT2D eigenvalue weighted by Gasteiger charge is 2.12. The summed E-state index contributed by atoms with van der Waals surface area (Å²) >= 11 is 0. The molecule has 5 heteroatoms. The number of rotatable bonds is 6. The number of benzene rings is 1. The number of carbonyl (C=O) groups is 1.